The molecular weight excluding hydrogens is 308 g/mol. The quantitative estimate of drug-likeness (QED) is 0.518. The maximum absolute atomic E-state index is 5.89. The second kappa shape index (κ2) is 9.73. The predicted molar refractivity (Wildman–Crippen MR) is 104 cm³/mol. The number of benzene rings is 1. The molecule has 2 fully saturated rings. The fraction of sp³-hybridized carbons (Fsp3) is 0.739. The van der Waals surface area contributed by atoms with Crippen molar-refractivity contribution in [3.8, 4) is 0 Å². The highest BCUT2D eigenvalue weighted by molar-refractivity contribution is 5.26. The van der Waals surface area contributed by atoms with E-state index in [-0.39, 0.29) is 6.29 Å². The highest BCUT2D eigenvalue weighted by Crippen LogP contribution is 2.38. The molecule has 2 nitrogen and oxygen atoms in total. The van der Waals surface area contributed by atoms with Crippen molar-refractivity contribution in [1.82, 2.24) is 0 Å². The molecule has 2 heteroatoms. The van der Waals surface area contributed by atoms with Gasteiger partial charge in [-0.2, -0.15) is 0 Å². The van der Waals surface area contributed by atoms with Gasteiger partial charge in [-0.3, -0.25) is 0 Å². The van der Waals surface area contributed by atoms with Crippen molar-refractivity contribution in [3.63, 3.8) is 0 Å². The molecule has 1 aliphatic carbocycles. The number of ether oxygens (including phenoxy) is 2. The summed E-state index contributed by atoms with van der Waals surface area (Å²) in [6.45, 7) is 6.15. The minimum atomic E-state index is -0.161. The van der Waals surface area contributed by atoms with E-state index in [1.807, 2.05) is 0 Å². The van der Waals surface area contributed by atoms with Crippen LogP contribution in [0, 0.1) is 11.8 Å². The van der Waals surface area contributed by atoms with Crippen molar-refractivity contribution in [3.05, 3.63) is 35.4 Å². The zero-order valence-electron chi connectivity index (χ0n) is 16.2. The number of rotatable bonds is 7. The molecule has 1 aromatic rings. The van der Waals surface area contributed by atoms with Gasteiger partial charge in [0.1, 0.15) is 0 Å². The van der Waals surface area contributed by atoms with Gasteiger partial charge >= 0.3 is 0 Å². The van der Waals surface area contributed by atoms with Gasteiger partial charge in [0, 0.05) is 11.5 Å². The van der Waals surface area contributed by atoms with Crippen LogP contribution in [-0.2, 0) is 9.47 Å². The van der Waals surface area contributed by atoms with E-state index in [0.717, 1.165) is 31.5 Å². The van der Waals surface area contributed by atoms with E-state index >= 15 is 0 Å². The Bertz CT molecular complexity index is 479. The van der Waals surface area contributed by atoms with Crippen LogP contribution in [0.1, 0.15) is 95.0 Å². The molecule has 1 heterocycles. The average Bonchev–Trinajstić information content (AvgIpc) is 2.69. The van der Waals surface area contributed by atoms with Gasteiger partial charge in [-0.1, -0.05) is 63.8 Å². The fourth-order valence-corrected chi connectivity index (χ4v) is 4.36. The van der Waals surface area contributed by atoms with E-state index in [9.17, 15) is 0 Å². The fourth-order valence-electron chi connectivity index (χ4n) is 4.36. The van der Waals surface area contributed by atoms with Crippen molar-refractivity contribution in [2.75, 3.05) is 13.2 Å². The van der Waals surface area contributed by atoms with Crippen molar-refractivity contribution in [1.29, 1.82) is 0 Å². The Morgan fingerprint density at radius 1 is 0.800 bits per heavy atom. The van der Waals surface area contributed by atoms with Gasteiger partial charge in [0.25, 0.3) is 0 Å². The maximum atomic E-state index is 5.89. The first kappa shape index (κ1) is 18.9. The average molecular weight is 345 g/mol. The molecule has 2 aliphatic rings. The van der Waals surface area contributed by atoms with Gasteiger partial charge in [-0.05, 0) is 49.5 Å². The third kappa shape index (κ3) is 5.31. The summed E-state index contributed by atoms with van der Waals surface area (Å²) in [4.78, 5) is 0. The van der Waals surface area contributed by atoms with Gasteiger partial charge < -0.3 is 9.47 Å². The van der Waals surface area contributed by atoms with Crippen LogP contribution < -0.4 is 0 Å². The summed E-state index contributed by atoms with van der Waals surface area (Å²) in [6.07, 6.45) is 12.2. The van der Waals surface area contributed by atoms with Crippen molar-refractivity contribution in [2.24, 2.45) is 11.8 Å². The number of hydrogen-bond acceptors (Lipinski definition) is 2. The Balaban J connectivity index is 1.47. The maximum Gasteiger partial charge on any atom is 0.183 e. The Hall–Kier alpha value is -0.860. The summed E-state index contributed by atoms with van der Waals surface area (Å²) in [6, 6.07) is 9.07. The van der Waals surface area contributed by atoms with Crippen LogP contribution in [0.25, 0.3) is 0 Å². The van der Waals surface area contributed by atoms with E-state index in [2.05, 4.69) is 38.1 Å². The summed E-state index contributed by atoms with van der Waals surface area (Å²) in [5.41, 5.74) is 2.68. The van der Waals surface area contributed by atoms with E-state index in [4.69, 9.17) is 9.47 Å². The summed E-state index contributed by atoms with van der Waals surface area (Å²) in [5, 5.41) is 0. The Labute approximate surface area is 154 Å². The number of unbranched alkanes of at least 4 members (excludes halogenated alkanes) is 2. The van der Waals surface area contributed by atoms with Crippen molar-refractivity contribution < 1.29 is 9.47 Å². The van der Waals surface area contributed by atoms with Crippen LogP contribution in [0.3, 0.4) is 0 Å². The van der Waals surface area contributed by atoms with E-state index in [1.54, 1.807) is 0 Å². The summed E-state index contributed by atoms with van der Waals surface area (Å²) in [7, 11) is 0. The first-order valence-corrected chi connectivity index (χ1v) is 10.6. The topological polar surface area (TPSA) is 18.5 Å². The van der Waals surface area contributed by atoms with Crippen LogP contribution in [0.4, 0.5) is 0 Å². The van der Waals surface area contributed by atoms with Crippen LogP contribution in [0.2, 0.25) is 0 Å². The smallest absolute Gasteiger partial charge is 0.183 e. The van der Waals surface area contributed by atoms with Crippen LogP contribution in [0.5, 0.6) is 0 Å². The molecule has 0 atom stereocenters. The molecule has 3 rings (SSSR count). The molecule has 1 aromatic carbocycles. The SMILES string of the molecule is CCCCCC1CCC(c2ccc(C3OCC(CC)CO3)cc2)CC1. The van der Waals surface area contributed by atoms with Crippen molar-refractivity contribution in [2.45, 2.75) is 83.8 Å². The minimum absolute atomic E-state index is 0.161. The lowest BCUT2D eigenvalue weighted by Crippen LogP contribution is -2.26. The molecule has 1 saturated carbocycles. The molecule has 0 radical (unpaired) electrons. The highest BCUT2D eigenvalue weighted by Gasteiger charge is 2.24. The molecule has 0 amide bonds. The zero-order chi connectivity index (χ0) is 17.5. The molecule has 0 aromatic heterocycles. The first-order valence-electron chi connectivity index (χ1n) is 10.6. The standard InChI is InChI=1S/C23H36O2/c1-3-5-6-7-19-8-10-20(11-9-19)21-12-14-22(15-13-21)23-24-16-18(4-2)17-25-23/h12-15,18-20,23H,3-11,16-17H2,1-2H3. The van der Waals surface area contributed by atoms with Gasteiger partial charge in [-0.15, -0.1) is 0 Å². The van der Waals surface area contributed by atoms with Crippen LogP contribution in [0.15, 0.2) is 24.3 Å². The molecule has 0 N–H and O–H groups in total. The molecule has 140 valence electrons. The lowest BCUT2D eigenvalue weighted by Gasteiger charge is -2.30. The van der Waals surface area contributed by atoms with Crippen molar-refractivity contribution >= 4 is 0 Å². The highest BCUT2D eigenvalue weighted by atomic mass is 16.7. The second-order valence-electron chi connectivity index (χ2n) is 8.15. The Morgan fingerprint density at radius 3 is 2.04 bits per heavy atom. The molecule has 1 aliphatic heterocycles. The molecule has 0 spiro atoms. The minimum Gasteiger partial charge on any atom is -0.348 e. The molecule has 0 unspecified atom stereocenters. The predicted octanol–water partition coefficient (Wildman–Crippen LogP) is 6.61. The Kier molecular flexibility index (Phi) is 7.36. The Morgan fingerprint density at radius 2 is 1.44 bits per heavy atom. The van der Waals surface area contributed by atoms with Gasteiger partial charge in [0.2, 0.25) is 0 Å². The van der Waals surface area contributed by atoms with E-state index in [1.165, 1.54) is 62.5 Å². The zero-order valence-corrected chi connectivity index (χ0v) is 16.2. The normalized spacial score (nSPS) is 30.3. The van der Waals surface area contributed by atoms with Gasteiger partial charge in [0.15, 0.2) is 6.29 Å². The molecular formula is C23H36O2. The largest absolute Gasteiger partial charge is 0.348 e. The molecule has 0 bridgehead atoms. The van der Waals surface area contributed by atoms with Gasteiger partial charge in [-0.25, -0.2) is 0 Å². The summed E-state index contributed by atoms with van der Waals surface area (Å²) in [5.74, 6) is 2.30. The van der Waals surface area contributed by atoms with Crippen LogP contribution in [-0.4, -0.2) is 13.2 Å². The van der Waals surface area contributed by atoms with E-state index in [0.29, 0.717) is 5.92 Å². The van der Waals surface area contributed by atoms with Crippen LogP contribution >= 0.6 is 0 Å². The first-order chi connectivity index (χ1) is 12.3. The molecule has 1 saturated heterocycles. The number of hydrogen-bond donors (Lipinski definition) is 0. The summed E-state index contributed by atoms with van der Waals surface area (Å²) < 4.78 is 11.8. The second-order valence-corrected chi connectivity index (χ2v) is 8.15. The third-order valence-corrected chi connectivity index (χ3v) is 6.29. The van der Waals surface area contributed by atoms with E-state index < -0.39 is 0 Å². The molecule has 25 heavy (non-hydrogen) atoms. The lowest BCUT2D eigenvalue weighted by molar-refractivity contribution is -0.205. The summed E-state index contributed by atoms with van der Waals surface area (Å²) >= 11 is 0. The third-order valence-electron chi connectivity index (χ3n) is 6.29. The lowest BCUT2D eigenvalue weighted by atomic mass is 9.77. The van der Waals surface area contributed by atoms with Gasteiger partial charge in [0.05, 0.1) is 13.2 Å². The monoisotopic (exact) mass is 344 g/mol.